The van der Waals surface area contributed by atoms with Crippen molar-refractivity contribution in [3.63, 3.8) is 0 Å². The van der Waals surface area contributed by atoms with Gasteiger partial charge < -0.3 is 10.2 Å². The number of hydrogen-bond acceptors (Lipinski definition) is 3. The van der Waals surface area contributed by atoms with Crippen molar-refractivity contribution in [1.82, 2.24) is 10.2 Å². The first-order chi connectivity index (χ1) is 10.2. The minimum absolute atomic E-state index is 0.640. The monoisotopic (exact) mass is 289 g/mol. The fourth-order valence-corrected chi connectivity index (χ4v) is 2.99. The van der Waals surface area contributed by atoms with Crippen LogP contribution < -0.4 is 10.2 Å². The van der Waals surface area contributed by atoms with Crippen molar-refractivity contribution in [1.29, 1.82) is 0 Å². The van der Waals surface area contributed by atoms with Crippen LogP contribution in [0.3, 0.4) is 0 Å². The van der Waals surface area contributed by atoms with E-state index in [0.29, 0.717) is 6.04 Å². The average Bonchev–Trinajstić information content (AvgIpc) is 2.51. The molecule has 0 radical (unpaired) electrons. The van der Waals surface area contributed by atoms with Crippen LogP contribution in [-0.2, 0) is 0 Å². The second-order valence-electron chi connectivity index (χ2n) is 6.27. The Balaban J connectivity index is 1.75. The Kier molecular flexibility index (Phi) is 6.52. The number of nitrogens with one attached hydrogen (secondary N) is 1. The number of anilines is 1. The molecule has 3 nitrogen and oxygen atoms in total. The summed E-state index contributed by atoms with van der Waals surface area (Å²) in [6.07, 6.45) is 2.56. The fraction of sp³-hybridized carbons (Fsp3) is 0.667. The number of piperazine rings is 1. The molecule has 0 saturated carbocycles. The van der Waals surface area contributed by atoms with Crippen LogP contribution in [0.2, 0.25) is 0 Å². The van der Waals surface area contributed by atoms with Gasteiger partial charge in [0.05, 0.1) is 0 Å². The quantitative estimate of drug-likeness (QED) is 0.779. The minimum atomic E-state index is 0.640. The Labute approximate surface area is 130 Å². The molecular formula is C18H31N3. The third kappa shape index (κ3) is 5.01. The van der Waals surface area contributed by atoms with Gasteiger partial charge in [-0.3, -0.25) is 4.90 Å². The largest absolute Gasteiger partial charge is 0.369 e. The SMILES string of the molecule is CCCCNCC(C)N1CCN(c2cccc(C)c2)CC1. The number of benzene rings is 1. The van der Waals surface area contributed by atoms with E-state index in [1.165, 1.54) is 37.2 Å². The molecule has 0 aliphatic carbocycles. The summed E-state index contributed by atoms with van der Waals surface area (Å²) < 4.78 is 0. The third-order valence-electron chi connectivity index (χ3n) is 4.45. The highest BCUT2D eigenvalue weighted by Gasteiger charge is 2.20. The number of aryl methyl sites for hydroxylation is 1. The van der Waals surface area contributed by atoms with Gasteiger partial charge in [-0.2, -0.15) is 0 Å². The van der Waals surface area contributed by atoms with E-state index in [2.05, 4.69) is 60.2 Å². The Morgan fingerprint density at radius 3 is 2.62 bits per heavy atom. The molecule has 1 atom stereocenters. The van der Waals surface area contributed by atoms with Gasteiger partial charge >= 0.3 is 0 Å². The van der Waals surface area contributed by atoms with Gasteiger partial charge in [0.2, 0.25) is 0 Å². The van der Waals surface area contributed by atoms with Crippen LogP contribution in [0.5, 0.6) is 0 Å². The van der Waals surface area contributed by atoms with Crippen LogP contribution >= 0.6 is 0 Å². The van der Waals surface area contributed by atoms with Gasteiger partial charge in [0, 0.05) is 44.5 Å². The zero-order valence-electron chi connectivity index (χ0n) is 13.9. The van der Waals surface area contributed by atoms with Crippen molar-refractivity contribution in [3.8, 4) is 0 Å². The number of rotatable bonds is 7. The van der Waals surface area contributed by atoms with E-state index in [0.717, 1.165) is 26.2 Å². The molecule has 21 heavy (non-hydrogen) atoms. The maximum Gasteiger partial charge on any atom is 0.0369 e. The summed E-state index contributed by atoms with van der Waals surface area (Å²) >= 11 is 0. The summed E-state index contributed by atoms with van der Waals surface area (Å²) in [5, 5.41) is 3.58. The van der Waals surface area contributed by atoms with Crippen molar-refractivity contribution in [2.24, 2.45) is 0 Å². The van der Waals surface area contributed by atoms with Crippen molar-refractivity contribution >= 4 is 5.69 Å². The normalized spacial score (nSPS) is 18.0. The fourth-order valence-electron chi connectivity index (χ4n) is 2.99. The van der Waals surface area contributed by atoms with Crippen LogP contribution in [0.25, 0.3) is 0 Å². The topological polar surface area (TPSA) is 18.5 Å². The van der Waals surface area contributed by atoms with Gasteiger partial charge in [-0.05, 0) is 44.5 Å². The molecule has 118 valence electrons. The molecule has 1 aliphatic heterocycles. The van der Waals surface area contributed by atoms with Gasteiger partial charge in [0.25, 0.3) is 0 Å². The summed E-state index contributed by atoms with van der Waals surface area (Å²) in [5.41, 5.74) is 2.73. The molecule has 1 aromatic rings. The number of unbranched alkanes of at least 4 members (excludes halogenated alkanes) is 1. The van der Waals surface area contributed by atoms with E-state index in [9.17, 15) is 0 Å². The summed E-state index contributed by atoms with van der Waals surface area (Å²) in [6.45, 7) is 13.7. The molecular weight excluding hydrogens is 258 g/mol. The van der Waals surface area contributed by atoms with Gasteiger partial charge in [0.1, 0.15) is 0 Å². The standard InChI is InChI=1S/C18H31N3/c1-4-5-9-19-15-17(3)20-10-12-21(13-11-20)18-8-6-7-16(2)14-18/h6-8,14,17,19H,4-5,9-13,15H2,1-3H3. The highest BCUT2D eigenvalue weighted by Crippen LogP contribution is 2.18. The van der Waals surface area contributed by atoms with Crippen molar-refractivity contribution in [3.05, 3.63) is 29.8 Å². The summed E-state index contributed by atoms with van der Waals surface area (Å²) in [7, 11) is 0. The predicted molar refractivity (Wildman–Crippen MR) is 92.2 cm³/mol. The molecule has 1 aliphatic rings. The summed E-state index contributed by atoms with van der Waals surface area (Å²) in [5.74, 6) is 0. The molecule has 0 aromatic heterocycles. The zero-order chi connectivity index (χ0) is 15.1. The lowest BCUT2D eigenvalue weighted by molar-refractivity contribution is 0.193. The van der Waals surface area contributed by atoms with Gasteiger partial charge in [-0.15, -0.1) is 0 Å². The minimum Gasteiger partial charge on any atom is -0.369 e. The molecule has 0 spiro atoms. The second kappa shape index (κ2) is 8.40. The Morgan fingerprint density at radius 1 is 1.19 bits per heavy atom. The summed E-state index contributed by atoms with van der Waals surface area (Å²) in [6, 6.07) is 9.51. The molecule has 1 unspecified atom stereocenters. The first-order valence-corrected chi connectivity index (χ1v) is 8.47. The lowest BCUT2D eigenvalue weighted by atomic mass is 10.1. The maximum absolute atomic E-state index is 3.58. The molecule has 2 rings (SSSR count). The van der Waals surface area contributed by atoms with Gasteiger partial charge in [-0.1, -0.05) is 25.5 Å². The molecule has 1 heterocycles. The van der Waals surface area contributed by atoms with Crippen LogP contribution in [0.15, 0.2) is 24.3 Å². The molecule has 3 heteroatoms. The average molecular weight is 289 g/mol. The lowest BCUT2D eigenvalue weighted by Gasteiger charge is -2.39. The van der Waals surface area contributed by atoms with Gasteiger partial charge in [-0.25, -0.2) is 0 Å². The van der Waals surface area contributed by atoms with Crippen LogP contribution in [0, 0.1) is 6.92 Å². The third-order valence-corrected chi connectivity index (χ3v) is 4.45. The van der Waals surface area contributed by atoms with Crippen LogP contribution in [0.1, 0.15) is 32.3 Å². The molecule has 1 fully saturated rings. The predicted octanol–water partition coefficient (Wildman–Crippen LogP) is 2.90. The Bertz CT molecular complexity index is 411. The summed E-state index contributed by atoms with van der Waals surface area (Å²) in [4.78, 5) is 5.13. The number of nitrogens with zero attached hydrogens (tertiary/aromatic N) is 2. The molecule has 0 bridgehead atoms. The lowest BCUT2D eigenvalue weighted by Crippen LogP contribution is -2.52. The van der Waals surface area contributed by atoms with E-state index >= 15 is 0 Å². The van der Waals surface area contributed by atoms with E-state index < -0.39 is 0 Å². The Hall–Kier alpha value is -1.06. The molecule has 1 N–H and O–H groups in total. The molecule has 0 amide bonds. The van der Waals surface area contributed by atoms with Crippen molar-refractivity contribution in [2.45, 2.75) is 39.7 Å². The van der Waals surface area contributed by atoms with Crippen LogP contribution in [-0.4, -0.2) is 50.2 Å². The highest BCUT2D eigenvalue weighted by atomic mass is 15.3. The zero-order valence-corrected chi connectivity index (χ0v) is 13.9. The van der Waals surface area contributed by atoms with Crippen molar-refractivity contribution in [2.75, 3.05) is 44.2 Å². The van der Waals surface area contributed by atoms with Crippen molar-refractivity contribution < 1.29 is 0 Å². The Morgan fingerprint density at radius 2 is 1.95 bits per heavy atom. The maximum atomic E-state index is 3.58. The smallest absolute Gasteiger partial charge is 0.0369 e. The van der Waals surface area contributed by atoms with E-state index in [4.69, 9.17) is 0 Å². The van der Waals surface area contributed by atoms with E-state index in [-0.39, 0.29) is 0 Å². The first kappa shape index (κ1) is 16.3. The first-order valence-electron chi connectivity index (χ1n) is 8.47. The second-order valence-corrected chi connectivity index (χ2v) is 6.27. The van der Waals surface area contributed by atoms with Gasteiger partial charge in [0.15, 0.2) is 0 Å². The van der Waals surface area contributed by atoms with Crippen LogP contribution in [0.4, 0.5) is 5.69 Å². The molecule has 1 saturated heterocycles. The highest BCUT2D eigenvalue weighted by molar-refractivity contribution is 5.48. The van der Waals surface area contributed by atoms with E-state index in [1.807, 2.05) is 0 Å². The number of hydrogen-bond donors (Lipinski definition) is 1. The molecule has 1 aromatic carbocycles. The van der Waals surface area contributed by atoms with E-state index in [1.54, 1.807) is 0 Å².